The number of nitrogens with one attached hydrogen (secondary N) is 1. The summed E-state index contributed by atoms with van der Waals surface area (Å²) in [5.41, 5.74) is -0.0528. The highest BCUT2D eigenvalue weighted by Crippen LogP contribution is 2.48. The average molecular weight is 364 g/mol. The van der Waals surface area contributed by atoms with E-state index in [0.29, 0.717) is 12.5 Å². The molecule has 2 aliphatic carbocycles. The van der Waals surface area contributed by atoms with E-state index in [-0.39, 0.29) is 29.6 Å². The van der Waals surface area contributed by atoms with Crippen molar-refractivity contribution >= 4 is 11.9 Å². The Kier molecular flexibility index (Phi) is 5.13. The van der Waals surface area contributed by atoms with Crippen molar-refractivity contribution in [2.75, 3.05) is 26.2 Å². The molecule has 0 bridgehead atoms. The zero-order chi connectivity index (χ0) is 18.1. The number of carbonyl (C=O) groups is 2. The molecule has 0 aromatic carbocycles. The Morgan fingerprint density at radius 3 is 2.46 bits per heavy atom. The van der Waals surface area contributed by atoms with Crippen molar-refractivity contribution in [1.29, 1.82) is 0 Å². The summed E-state index contributed by atoms with van der Waals surface area (Å²) in [6, 6.07) is 0.297. The number of hydrogen-bond acceptors (Lipinski definition) is 3. The average Bonchev–Trinajstić information content (AvgIpc) is 3.48. The number of nitrogens with zero attached hydrogens (tertiary/aromatic N) is 2. The van der Waals surface area contributed by atoms with Crippen LogP contribution in [0.4, 0.5) is 4.79 Å². The van der Waals surface area contributed by atoms with Gasteiger partial charge in [0.15, 0.2) is 6.10 Å². The van der Waals surface area contributed by atoms with Gasteiger partial charge in [-0.25, -0.2) is 4.79 Å². The number of piperidine rings is 1. The van der Waals surface area contributed by atoms with Crippen LogP contribution in [-0.4, -0.2) is 65.7 Å². The van der Waals surface area contributed by atoms with Gasteiger partial charge in [0.1, 0.15) is 0 Å². The Morgan fingerprint density at radius 1 is 1.15 bits per heavy atom. The molecule has 2 saturated carbocycles. The minimum atomic E-state index is -0.204. The summed E-state index contributed by atoms with van der Waals surface area (Å²) in [6.45, 7) is 4.85. The molecule has 4 aliphatic rings. The van der Waals surface area contributed by atoms with Gasteiger partial charge in [0.25, 0.3) is 5.91 Å². The first-order valence-electron chi connectivity index (χ1n) is 10.6. The van der Waals surface area contributed by atoms with Gasteiger partial charge in [-0.05, 0) is 51.4 Å². The molecule has 1 N–H and O–H groups in total. The molecule has 3 amide bonds. The van der Waals surface area contributed by atoms with Crippen molar-refractivity contribution in [1.82, 2.24) is 15.1 Å². The first kappa shape index (κ1) is 18.1. The first-order valence-corrected chi connectivity index (χ1v) is 10.6. The Labute approximate surface area is 156 Å². The van der Waals surface area contributed by atoms with Gasteiger partial charge >= 0.3 is 6.03 Å². The quantitative estimate of drug-likeness (QED) is 0.764. The van der Waals surface area contributed by atoms with Gasteiger partial charge in [0.05, 0.1) is 12.1 Å². The highest BCUT2D eigenvalue weighted by Gasteiger charge is 2.62. The second-order valence-electron chi connectivity index (χ2n) is 8.58. The summed E-state index contributed by atoms with van der Waals surface area (Å²) < 4.78 is 6.15. The molecular formula is C20H33N3O3. The summed E-state index contributed by atoms with van der Waals surface area (Å²) in [6.07, 6.45) is 9.94. The normalized spacial score (nSPS) is 29.0. The fourth-order valence-electron chi connectivity index (χ4n) is 5.18. The van der Waals surface area contributed by atoms with Gasteiger partial charge in [0, 0.05) is 25.7 Å². The molecule has 146 valence electrons. The smallest absolute Gasteiger partial charge is 0.317 e. The number of amides is 3. The molecule has 0 aromatic heterocycles. The topological polar surface area (TPSA) is 61.9 Å². The maximum Gasteiger partial charge on any atom is 0.317 e. The van der Waals surface area contributed by atoms with Crippen LogP contribution in [0.3, 0.4) is 0 Å². The second-order valence-corrected chi connectivity index (χ2v) is 8.58. The van der Waals surface area contributed by atoms with Gasteiger partial charge in [-0.3, -0.25) is 4.79 Å². The third-order valence-electron chi connectivity index (χ3n) is 6.79. The summed E-state index contributed by atoms with van der Waals surface area (Å²) >= 11 is 0. The number of likely N-dealkylation sites (tertiary alicyclic amines) is 2. The van der Waals surface area contributed by atoms with E-state index < -0.39 is 0 Å². The summed E-state index contributed by atoms with van der Waals surface area (Å²) in [5.74, 6) is 0.904. The number of ether oxygens (including phenoxy) is 1. The number of rotatable bonds is 5. The van der Waals surface area contributed by atoms with Gasteiger partial charge in [-0.15, -0.1) is 0 Å². The lowest BCUT2D eigenvalue weighted by molar-refractivity contribution is -0.211. The second kappa shape index (κ2) is 7.37. The minimum absolute atomic E-state index is 0.0268. The van der Waals surface area contributed by atoms with E-state index in [1.807, 2.05) is 11.8 Å². The number of hydrogen-bond donors (Lipinski definition) is 1. The van der Waals surface area contributed by atoms with Crippen molar-refractivity contribution in [3.05, 3.63) is 0 Å². The molecule has 6 nitrogen and oxygen atoms in total. The molecule has 4 fully saturated rings. The van der Waals surface area contributed by atoms with Crippen LogP contribution in [-0.2, 0) is 9.53 Å². The van der Waals surface area contributed by atoms with Crippen LogP contribution in [0.25, 0.3) is 0 Å². The molecule has 0 radical (unpaired) electrons. The van der Waals surface area contributed by atoms with Crippen LogP contribution in [0.5, 0.6) is 0 Å². The molecule has 2 saturated heterocycles. The Bertz CT molecular complexity index is 534. The molecule has 1 atom stereocenters. The molecule has 1 unspecified atom stereocenters. The lowest BCUT2D eigenvalue weighted by Crippen LogP contribution is -2.78. The standard InChI is InChI=1S/C20H33N3O3/c1-2-21-19(25)22-12-8-16(9-13-22)23-18(24)17(26-14-15-6-7-15)20(23)10-4-3-5-11-20/h15-17H,2-14H2,1H3,(H,21,25). The van der Waals surface area contributed by atoms with Crippen molar-refractivity contribution in [2.24, 2.45) is 5.92 Å². The van der Waals surface area contributed by atoms with Crippen molar-refractivity contribution < 1.29 is 14.3 Å². The zero-order valence-corrected chi connectivity index (χ0v) is 16.0. The number of β-lactam (4-membered cyclic amide) rings is 1. The van der Waals surface area contributed by atoms with Crippen LogP contribution in [0.15, 0.2) is 0 Å². The van der Waals surface area contributed by atoms with E-state index in [9.17, 15) is 9.59 Å². The summed E-state index contributed by atoms with van der Waals surface area (Å²) in [5, 5.41) is 2.88. The van der Waals surface area contributed by atoms with E-state index >= 15 is 0 Å². The van der Waals surface area contributed by atoms with Crippen molar-refractivity contribution in [3.8, 4) is 0 Å². The van der Waals surface area contributed by atoms with Crippen LogP contribution < -0.4 is 5.32 Å². The molecular weight excluding hydrogens is 330 g/mol. The monoisotopic (exact) mass is 363 g/mol. The SMILES string of the molecule is CCNC(=O)N1CCC(N2C(=O)C(OCC3CC3)C23CCCCC3)CC1. The molecule has 6 heteroatoms. The maximum atomic E-state index is 13.0. The predicted octanol–water partition coefficient (Wildman–Crippen LogP) is 2.52. The van der Waals surface area contributed by atoms with Crippen LogP contribution >= 0.6 is 0 Å². The molecule has 0 aromatic rings. The summed E-state index contributed by atoms with van der Waals surface area (Å²) in [4.78, 5) is 29.1. The predicted molar refractivity (Wildman–Crippen MR) is 98.8 cm³/mol. The highest BCUT2D eigenvalue weighted by atomic mass is 16.5. The number of carbonyl (C=O) groups excluding carboxylic acids is 2. The van der Waals surface area contributed by atoms with Crippen LogP contribution in [0.2, 0.25) is 0 Å². The lowest BCUT2D eigenvalue weighted by atomic mass is 9.68. The zero-order valence-electron chi connectivity index (χ0n) is 16.0. The highest BCUT2D eigenvalue weighted by molar-refractivity contribution is 5.91. The Morgan fingerprint density at radius 2 is 1.85 bits per heavy atom. The van der Waals surface area contributed by atoms with E-state index in [1.54, 1.807) is 0 Å². The van der Waals surface area contributed by atoms with E-state index in [2.05, 4.69) is 10.2 Å². The molecule has 2 heterocycles. The fourth-order valence-corrected chi connectivity index (χ4v) is 5.18. The lowest BCUT2D eigenvalue weighted by Gasteiger charge is -2.62. The van der Waals surface area contributed by atoms with Crippen LogP contribution in [0.1, 0.15) is 64.7 Å². The van der Waals surface area contributed by atoms with E-state index in [1.165, 1.54) is 32.1 Å². The molecule has 1 spiro atoms. The Hall–Kier alpha value is -1.30. The number of urea groups is 1. The van der Waals surface area contributed by atoms with Crippen molar-refractivity contribution in [2.45, 2.75) is 82.4 Å². The maximum absolute atomic E-state index is 13.0. The van der Waals surface area contributed by atoms with Gasteiger partial charge in [-0.2, -0.15) is 0 Å². The first-order chi connectivity index (χ1) is 12.7. The van der Waals surface area contributed by atoms with E-state index in [4.69, 9.17) is 4.74 Å². The third kappa shape index (κ3) is 3.21. The fraction of sp³-hybridized carbons (Fsp3) is 0.900. The molecule has 4 rings (SSSR count). The minimum Gasteiger partial charge on any atom is -0.366 e. The third-order valence-corrected chi connectivity index (χ3v) is 6.79. The summed E-state index contributed by atoms with van der Waals surface area (Å²) in [7, 11) is 0. The van der Waals surface area contributed by atoms with Crippen molar-refractivity contribution in [3.63, 3.8) is 0 Å². The Balaban J connectivity index is 1.40. The van der Waals surface area contributed by atoms with Crippen LogP contribution in [0, 0.1) is 5.92 Å². The van der Waals surface area contributed by atoms with E-state index in [0.717, 1.165) is 45.4 Å². The largest absolute Gasteiger partial charge is 0.366 e. The van der Waals surface area contributed by atoms with Gasteiger partial charge < -0.3 is 19.9 Å². The molecule has 2 aliphatic heterocycles. The van der Waals surface area contributed by atoms with Gasteiger partial charge in [0.2, 0.25) is 0 Å². The van der Waals surface area contributed by atoms with Gasteiger partial charge in [-0.1, -0.05) is 19.3 Å². The molecule has 26 heavy (non-hydrogen) atoms.